The topological polar surface area (TPSA) is 193 Å². The number of carboxylic acids is 1. The number of β-lactam (4-membered cyclic amide) rings is 1. The van der Waals surface area contributed by atoms with Gasteiger partial charge in [-0.1, -0.05) is 5.16 Å². The van der Waals surface area contributed by atoms with Gasteiger partial charge in [-0.05, 0) is 34.6 Å². The summed E-state index contributed by atoms with van der Waals surface area (Å²) in [4.78, 5) is 60.7. The molecule has 3 N–H and O–H groups in total. The first-order valence-corrected chi connectivity index (χ1v) is 14.2. The molecule has 0 bridgehead atoms. The van der Waals surface area contributed by atoms with E-state index in [1.807, 2.05) is 0 Å². The van der Waals surface area contributed by atoms with Crippen molar-refractivity contribution < 1.29 is 38.4 Å². The van der Waals surface area contributed by atoms with Crippen LogP contribution in [0.15, 0.2) is 41.5 Å². The number of anilines is 1. The molecule has 16 heteroatoms. The van der Waals surface area contributed by atoms with E-state index >= 15 is 0 Å². The lowest BCUT2D eigenvalue weighted by molar-refractivity contribution is -0.689. The highest BCUT2D eigenvalue weighted by molar-refractivity contribution is 8.00. The van der Waals surface area contributed by atoms with Crippen molar-refractivity contribution in [2.75, 3.05) is 11.5 Å². The van der Waals surface area contributed by atoms with Gasteiger partial charge in [0.15, 0.2) is 24.1 Å². The Hall–Kier alpha value is -4.05. The molecule has 2 aromatic rings. The van der Waals surface area contributed by atoms with Gasteiger partial charge in [-0.25, -0.2) is 9.36 Å². The predicted octanol–water partition coefficient (Wildman–Crippen LogP) is -0.404. The molecule has 0 spiro atoms. The van der Waals surface area contributed by atoms with Crippen LogP contribution < -0.4 is 20.7 Å². The molecule has 2 aromatic heterocycles. The zero-order valence-electron chi connectivity index (χ0n) is 22.9. The van der Waals surface area contributed by atoms with Gasteiger partial charge in [0, 0.05) is 46.8 Å². The van der Waals surface area contributed by atoms with E-state index in [2.05, 4.69) is 19.8 Å². The van der Waals surface area contributed by atoms with Crippen LogP contribution >= 0.6 is 23.3 Å². The van der Waals surface area contributed by atoms with Crippen molar-refractivity contribution in [2.24, 2.45) is 5.16 Å². The Balaban J connectivity index is 1.44. The SMILES string of the molecule is CC(C)(C)OC(=O)C(C)(C)O/N=C(\C(=O)NC1C(=O)N2C=C(C[n+]3ccc(C(=O)[O-])cc3)CS[C@H]12)c1nsc(N)n1. The number of carbonyl (C=O) groups is 4. The second-order valence-corrected chi connectivity index (χ2v) is 12.6. The lowest BCUT2D eigenvalue weighted by atomic mass is 10.1. The smallest absolute Gasteiger partial charge is 0.353 e. The number of hydrogen-bond donors (Lipinski definition) is 2. The van der Waals surface area contributed by atoms with E-state index in [0.717, 1.165) is 17.1 Å². The Morgan fingerprint density at radius 3 is 2.51 bits per heavy atom. The van der Waals surface area contributed by atoms with E-state index in [0.29, 0.717) is 12.3 Å². The van der Waals surface area contributed by atoms with Crippen LogP contribution in [-0.4, -0.2) is 72.1 Å². The van der Waals surface area contributed by atoms with Crippen molar-refractivity contribution in [3.8, 4) is 0 Å². The summed E-state index contributed by atoms with van der Waals surface area (Å²) in [6, 6.07) is 2.04. The number of nitrogens with one attached hydrogen (secondary N) is 1. The molecule has 41 heavy (non-hydrogen) atoms. The van der Waals surface area contributed by atoms with Crippen LogP contribution in [0.1, 0.15) is 50.8 Å². The lowest BCUT2D eigenvalue weighted by Crippen LogP contribution is -2.69. The number of fused-ring (bicyclic) bond motifs is 1. The number of amides is 2. The average Bonchev–Trinajstić information content (AvgIpc) is 3.32. The molecular weight excluding hydrogens is 574 g/mol. The molecule has 2 atom stereocenters. The van der Waals surface area contributed by atoms with Crippen molar-refractivity contribution in [2.45, 2.75) is 63.8 Å². The normalized spacial score (nSPS) is 19.0. The first-order chi connectivity index (χ1) is 19.1. The van der Waals surface area contributed by atoms with E-state index in [9.17, 15) is 24.3 Å². The van der Waals surface area contributed by atoms with Crippen LogP contribution in [0.2, 0.25) is 0 Å². The van der Waals surface area contributed by atoms with Crippen LogP contribution in [0.25, 0.3) is 0 Å². The van der Waals surface area contributed by atoms with Crippen LogP contribution in [-0.2, 0) is 30.5 Å². The van der Waals surface area contributed by atoms with Crippen LogP contribution in [0.3, 0.4) is 0 Å². The molecule has 0 aromatic carbocycles. The summed E-state index contributed by atoms with van der Waals surface area (Å²) >= 11 is 2.31. The fourth-order valence-electron chi connectivity index (χ4n) is 3.70. The van der Waals surface area contributed by atoms with Gasteiger partial charge in [-0.15, -0.1) is 11.8 Å². The van der Waals surface area contributed by atoms with Gasteiger partial charge in [0.2, 0.25) is 17.1 Å². The van der Waals surface area contributed by atoms with E-state index in [1.165, 1.54) is 42.6 Å². The molecule has 0 radical (unpaired) electrons. The van der Waals surface area contributed by atoms with Gasteiger partial charge < -0.3 is 35.4 Å². The molecule has 1 unspecified atom stereocenters. The molecule has 1 fully saturated rings. The summed E-state index contributed by atoms with van der Waals surface area (Å²) in [5.41, 5.74) is 4.03. The van der Waals surface area contributed by atoms with Crippen molar-refractivity contribution >= 4 is 57.9 Å². The Morgan fingerprint density at radius 2 is 1.93 bits per heavy atom. The molecule has 218 valence electrons. The lowest BCUT2D eigenvalue weighted by Gasteiger charge is -2.47. The minimum Gasteiger partial charge on any atom is -0.545 e. The zero-order chi connectivity index (χ0) is 30.1. The number of pyridine rings is 1. The first kappa shape index (κ1) is 29.9. The van der Waals surface area contributed by atoms with Crippen molar-refractivity contribution in [3.63, 3.8) is 0 Å². The summed E-state index contributed by atoms with van der Waals surface area (Å²) in [5.74, 6) is -2.60. The molecule has 2 amide bonds. The maximum atomic E-state index is 13.3. The monoisotopic (exact) mass is 603 g/mol. The number of aromatic carboxylic acids is 1. The second-order valence-electron chi connectivity index (χ2n) is 10.7. The zero-order valence-corrected chi connectivity index (χ0v) is 24.6. The van der Waals surface area contributed by atoms with Gasteiger partial charge in [-0.2, -0.15) is 9.36 Å². The molecule has 2 aliphatic rings. The number of rotatable bonds is 9. The van der Waals surface area contributed by atoms with Gasteiger partial charge in [0.1, 0.15) is 17.0 Å². The Labute approximate surface area is 243 Å². The van der Waals surface area contributed by atoms with Crippen LogP contribution in [0, 0.1) is 0 Å². The quantitative estimate of drug-likeness (QED) is 0.124. The summed E-state index contributed by atoms with van der Waals surface area (Å²) < 4.78 is 11.2. The Bertz CT molecular complexity index is 1430. The maximum Gasteiger partial charge on any atom is 0.353 e. The summed E-state index contributed by atoms with van der Waals surface area (Å²) in [7, 11) is 0. The third-order valence-corrected chi connectivity index (χ3v) is 7.69. The largest absolute Gasteiger partial charge is 0.545 e. The maximum absolute atomic E-state index is 13.3. The van der Waals surface area contributed by atoms with Crippen LogP contribution in [0.4, 0.5) is 5.13 Å². The Kier molecular flexibility index (Phi) is 8.35. The van der Waals surface area contributed by atoms with Crippen LogP contribution in [0.5, 0.6) is 0 Å². The molecule has 14 nitrogen and oxygen atoms in total. The highest BCUT2D eigenvalue weighted by atomic mass is 32.2. The molecule has 2 aliphatic heterocycles. The molecule has 0 aliphatic carbocycles. The number of esters is 1. The summed E-state index contributed by atoms with van der Waals surface area (Å²) in [6.45, 7) is 8.46. The predicted molar refractivity (Wildman–Crippen MR) is 146 cm³/mol. The van der Waals surface area contributed by atoms with Crippen molar-refractivity contribution in [1.82, 2.24) is 19.6 Å². The number of nitrogens with zero attached hydrogens (tertiary/aromatic N) is 5. The molecule has 0 saturated carbocycles. The number of hydrogen-bond acceptors (Lipinski definition) is 13. The highest BCUT2D eigenvalue weighted by Crippen LogP contribution is 2.36. The van der Waals surface area contributed by atoms with Gasteiger partial charge in [-0.3, -0.25) is 9.59 Å². The third-order valence-electron chi connectivity index (χ3n) is 5.76. The number of nitrogens with two attached hydrogens (primary N) is 1. The standard InChI is InChI=1S/C25H29N7O7S2/c1-24(2,3)38-22(37)25(4,5)39-29-15(17-28-23(26)41-30-17)18(33)27-16-19(34)32-11-13(12-40-20(16)32)10-31-8-6-14(7-9-31)21(35)36/h6-9,11,16,20H,10,12H2,1-5H3,(H3-,26,27,28,30,33,35,36)/b29-15-/t16?,20-/m1/s1. The fourth-order valence-corrected chi connectivity index (χ4v) is 5.39. The molecule has 4 rings (SSSR count). The van der Waals surface area contributed by atoms with Crippen molar-refractivity contribution in [3.05, 3.63) is 47.7 Å². The van der Waals surface area contributed by atoms with Gasteiger partial charge in [0.25, 0.3) is 11.8 Å². The number of nitrogen functional groups attached to an aromatic ring is 1. The third kappa shape index (κ3) is 7.00. The summed E-state index contributed by atoms with van der Waals surface area (Å²) in [6.07, 6.45) is 4.97. The average molecular weight is 604 g/mol. The van der Waals surface area contributed by atoms with Gasteiger partial charge in [0.05, 0.1) is 5.97 Å². The second kappa shape index (κ2) is 11.4. The number of thioether (sulfide) groups is 1. The van der Waals surface area contributed by atoms with Crippen molar-refractivity contribution in [1.29, 1.82) is 0 Å². The molecular formula is C25H29N7O7S2. The Morgan fingerprint density at radius 1 is 1.24 bits per heavy atom. The number of carboxylic acid groups (broad SMARTS) is 1. The van der Waals surface area contributed by atoms with E-state index in [1.54, 1.807) is 43.9 Å². The number of oxime groups is 1. The number of aromatic nitrogens is 3. The minimum atomic E-state index is -1.55. The first-order valence-electron chi connectivity index (χ1n) is 12.4. The molecule has 4 heterocycles. The van der Waals surface area contributed by atoms with Gasteiger partial charge >= 0.3 is 5.97 Å². The number of ether oxygens (including phenoxy) is 1. The number of carbonyl (C=O) groups excluding carboxylic acids is 4. The van der Waals surface area contributed by atoms with E-state index in [-0.39, 0.29) is 33.5 Å². The minimum absolute atomic E-state index is 0.0714. The summed E-state index contributed by atoms with van der Waals surface area (Å²) in [5, 5.41) is 17.2. The molecule has 1 saturated heterocycles. The van der Waals surface area contributed by atoms with E-state index in [4.69, 9.17) is 15.3 Å². The van der Waals surface area contributed by atoms with E-state index < -0.39 is 35.1 Å². The highest BCUT2D eigenvalue weighted by Gasteiger charge is 2.50. The fraction of sp³-hybridized carbons (Fsp3) is 0.440.